The summed E-state index contributed by atoms with van der Waals surface area (Å²) in [6.45, 7) is 1.48. The van der Waals surface area contributed by atoms with Crippen LogP contribution in [0.4, 0.5) is 10.1 Å². The van der Waals surface area contributed by atoms with Crippen LogP contribution in [0.25, 0.3) is 0 Å². The molecule has 5 nitrogen and oxygen atoms in total. The van der Waals surface area contributed by atoms with E-state index in [4.69, 9.17) is 10.2 Å². The zero-order valence-corrected chi connectivity index (χ0v) is 11.0. The van der Waals surface area contributed by atoms with Gasteiger partial charge in [-0.1, -0.05) is 0 Å². The number of halogens is 1. The Morgan fingerprint density at radius 2 is 2.16 bits per heavy atom. The standard InChI is InChI=1S/C12H13FN2O3S/c1-8-5-10(6-11(14)12(8)13)19(16,17)15-7-9-3-2-4-18-9/h2-6,15H,7,14H2,1H3. The Morgan fingerprint density at radius 3 is 2.74 bits per heavy atom. The minimum atomic E-state index is -3.75. The first kappa shape index (κ1) is 13.6. The van der Waals surface area contributed by atoms with Gasteiger partial charge in [0, 0.05) is 0 Å². The smallest absolute Gasteiger partial charge is 0.241 e. The molecule has 0 saturated carbocycles. The third-order valence-corrected chi connectivity index (χ3v) is 3.96. The summed E-state index contributed by atoms with van der Waals surface area (Å²) >= 11 is 0. The number of nitrogen functional groups attached to an aromatic ring is 1. The quantitative estimate of drug-likeness (QED) is 0.838. The number of aryl methyl sites for hydroxylation is 1. The molecule has 3 N–H and O–H groups in total. The predicted molar refractivity (Wildman–Crippen MR) is 68.3 cm³/mol. The van der Waals surface area contributed by atoms with Crippen molar-refractivity contribution in [3.8, 4) is 0 Å². The van der Waals surface area contributed by atoms with Gasteiger partial charge in [-0.05, 0) is 36.8 Å². The molecule has 0 aliphatic rings. The van der Waals surface area contributed by atoms with Gasteiger partial charge in [0.15, 0.2) is 0 Å². The van der Waals surface area contributed by atoms with Crippen molar-refractivity contribution in [3.05, 3.63) is 47.7 Å². The summed E-state index contributed by atoms with van der Waals surface area (Å²) in [6.07, 6.45) is 1.45. The van der Waals surface area contributed by atoms with E-state index in [9.17, 15) is 12.8 Å². The normalized spacial score (nSPS) is 11.7. The minimum absolute atomic E-state index is 0.0195. The lowest BCUT2D eigenvalue weighted by Gasteiger charge is -2.08. The van der Waals surface area contributed by atoms with E-state index in [2.05, 4.69) is 4.72 Å². The number of nitrogens with one attached hydrogen (secondary N) is 1. The van der Waals surface area contributed by atoms with Crippen molar-refractivity contribution >= 4 is 15.7 Å². The minimum Gasteiger partial charge on any atom is -0.468 e. The first-order valence-electron chi connectivity index (χ1n) is 5.48. The zero-order valence-electron chi connectivity index (χ0n) is 10.2. The van der Waals surface area contributed by atoms with Crippen molar-refractivity contribution in [2.75, 3.05) is 5.73 Å². The summed E-state index contributed by atoms with van der Waals surface area (Å²) in [7, 11) is -3.75. The average Bonchev–Trinajstić information content (AvgIpc) is 2.86. The lowest BCUT2D eigenvalue weighted by atomic mass is 10.2. The maximum Gasteiger partial charge on any atom is 0.241 e. The molecule has 1 aromatic carbocycles. The largest absolute Gasteiger partial charge is 0.468 e. The molecular weight excluding hydrogens is 271 g/mol. The number of sulfonamides is 1. The van der Waals surface area contributed by atoms with Crippen LogP contribution in [0.2, 0.25) is 0 Å². The van der Waals surface area contributed by atoms with Gasteiger partial charge in [0.05, 0.1) is 23.4 Å². The Balaban J connectivity index is 2.24. The van der Waals surface area contributed by atoms with E-state index in [1.807, 2.05) is 0 Å². The van der Waals surface area contributed by atoms with Gasteiger partial charge in [0.25, 0.3) is 0 Å². The molecule has 2 aromatic rings. The molecule has 0 aliphatic heterocycles. The van der Waals surface area contributed by atoms with E-state index in [0.717, 1.165) is 6.07 Å². The highest BCUT2D eigenvalue weighted by Gasteiger charge is 2.17. The van der Waals surface area contributed by atoms with Gasteiger partial charge in [0.2, 0.25) is 10.0 Å². The molecule has 0 radical (unpaired) electrons. The summed E-state index contributed by atoms with van der Waals surface area (Å²) in [5.74, 6) is -0.125. The number of nitrogens with two attached hydrogens (primary N) is 1. The van der Waals surface area contributed by atoms with Gasteiger partial charge in [-0.3, -0.25) is 0 Å². The number of rotatable bonds is 4. The monoisotopic (exact) mass is 284 g/mol. The highest BCUT2D eigenvalue weighted by molar-refractivity contribution is 7.89. The lowest BCUT2D eigenvalue weighted by molar-refractivity contribution is 0.498. The molecule has 1 heterocycles. The lowest BCUT2D eigenvalue weighted by Crippen LogP contribution is -2.23. The number of benzene rings is 1. The van der Waals surface area contributed by atoms with Crippen LogP contribution in [-0.4, -0.2) is 8.42 Å². The molecule has 7 heteroatoms. The molecule has 102 valence electrons. The predicted octanol–water partition coefficient (Wildman–Crippen LogP) is 1.79. The second-order valence-corrected chi connectivity index (χ2v) is 5.81. The van der Waals surface area contributed by atoms with E-state index in [1.54, 1.807) is 12.1 Å². The van der Waals surface area contributed by atoms with Crippen LogP contribution in [0, 0.1) is 12.7 Å². The fourth-order valence-electron chi connectivity index (χ4n) is 1.58. The van der Waals surface area contributed by atoms with Crippen molar-refractivity contribution in [3.63, 3.8) is 0 Å². The first-order valence-corrected chi connectivity index (χ1v) is 6.96. The van der Waals surface area contributed by atoms with Crippen LogP contribution in [-0.2, 0) is 16.6 Å². The summed E-state index contributed by atoms with van der Waals surface area (Å²) < 4.78 is 44.7. The molecule has 1 aromatic heterocycles. The molecule has 0 saturated heterocycles. The highest BCUT2D eigenvalue weighted by atomic mass is 32.2. The number of anilines is 1. The molecular formula is C12H13FN2O3S. The van der Waals surface area contributed by atoms with E-state index >= 15 is 0 Å². The Hall–Kier alpha value is -1.86. The van der Waals surface area contributed by atoms with Crippen LogP contribution in [0.1, 0.15) is 11.3 Å². The Labute approximate surface area is 110 Å². The number of furan rings is 1. The summed E-state index contributed by atoms with van der Waals surface area (Å²) in [4.78, 5) is -0.0737. The Kier molecular flexibility index (Phi) is 3.59. The van der Waals surface area contributed by atoms with Crippen LogP contribution >= 0.6 is 0 Å². The fourth-order valence-corrected chi connectivity index (χ4v) is 2.69. The summed E-state index contributed by atoms with van der Waals surface area (Å²) in [5.41, 5.74) is 5.41. The SMILES string of the molecule is Cc1cc(S(=O)(=O)NCc2ccco2)cc(N)c1F. The van der Waals surface area contributed by atoms with E-state index in [0.29, 0.717) is 5.76 Å². The van der Waals surface area contributed by atoms with Crippen molar-refractivity contribution in [1.82, 2.24) is 4.72 Å². The topological polar surface area (TPSA) is 85.3 Å². The molecule has 0 aliphatic carbocycles. The molecule has 0 amide bonds. The summed E-state index contributed by atoms with van der Waals surface area (Å²) in [5, 5.41) is 0. The van der Waals surface area contributed by atoms with Gasteiger partial charge in [-0.25, -0.2) is 17.5 Å². The van der Waals surface area contributed by atoms with Crippen molar-refractivity contribution in [1.29, 1.82) is 0 Å². The molecule has 0 fully saturated rings. The Bertz CT molecular complexity index is 658. The fraction of sp³-hybridized carbons (Fsp3) is 0.167. The molecule has 0 atom stereocenters. The van der Waals surface area contributed by atoms with Crippen LogP contribution in [0.3, 0.4) is 0 Å². The maximum absolute atomic E-state index is 13.4. The van der Waals surface area contributed by atoms with Crippen molar-refractivity contribution < 1.29 is 17.2 Å². The third-order valence-electron chi connectivity index (χ3n) is 2.58. The van der Waals surface area contributed by atoms with Crippen LogP contribution in [0.5, 0.6) is 0 Å². The average molecular weight is 284 g/mol. The molecule has 0 bridgehead atoms. The van der Waals surface area contributed by atoms with Gasteiger partial charge in [-0.15, -0.1) is 0 Å². The zero-order chi connectivity index (χ0) is 14.0. The van der Waals surface area contributed by atoms with Gasteiger partial charge in [-0.2, -0.15) is 0 Å². The molecule has 0 unspecified atom stereocenters. The van der Waals surface area contributed by atoms with Crippen LogP contribution in [0.15, 0.2) is 39.8 Å². The first-order chi connectivity index (χ1) is 8.90. The molecule has 0 spiro atoms. The Morgan fingerprint density at radius 1 is 1.42 bits per heavy atom. The van der Waals surface area contributed by atoms with Gasteiger partial charge < -0.3 is 10.2 Å². The number of hydrogen-bond donors (Lipinski definition) is 2. The number of hydrogen-bond acceptors (Lipinski definition) is 4. The van der Waals surface area contributed by atoms with Gasteiger partial charge in [0.1, 0.15) is 11.6 Å². The van der Waals surface area contributed by atoms with E-state index < -0.39 is 15.8 Å². The maximum atomic E-state index is 13.4. The van der Waals surface area contributed by atoms with E-state index in [-0.39, 0.29) is 22.7 Å². The third kappa shape index (κ3) is 2.94. The van der Waals surface area contributed by atoms with Crippen molar-refractivity contribution in [2.45, 2.75) is 18.4 Å². The van der Waals surface area contributed by atoms with Gasteiger partial charge >= 0.3 is 0 Å². The molecule has 19 heavy (non-hydrogen) atoms. The summed E-state index contributed by atoms with van der Waals surface area (Å²) in [6, 6.07) is 5.62. The second-order valence-electron chi connectivity index (χ2n) is 4.05. The van der Waals surface area contributed by atoms with E-state index in [1.165, 1.54) is 19.3 Å². The molecule has 2 rings (SSSR count). The second kappa shape index (κ2) is 5.02. The van der Waals surface area contributed by atoms with Crippen LogP contribution < -0.4 is 10.5 Å². The highest BCUT2D eigenvalue weighted by Crippen LogP contribution is 2.20. The van der Waals surface area contributed by atoms with Crippen molar-refractivity contribution in [2.24, 2.45) is 0 Å².